The van der Waals surface area contributed by atoms with E-state index in [-0.39, 0.29) is 0 Å². The summed E-state index contributed by atoms with van der Waals surface area (Å²) in [5.41, 5.74) is 11.4. The van der Waals surface area contributed by atoms with E-state index in [1.165, 1.54) is 27.3 Å². The minimum absolute atomic E-state index is 0.916. The maximum atomic E-state index is 5.27. The first-order chi connectivity index (χ1) is 25.8. The maximum absolute atomic E-state index is 5.27. The summed E-state index contributed by atoms with van der Waals surface area (Å²) >= 11 is 0. The standard InChI is InChI=1S/C48H28N4/c1-2-9-37-29(7-1)15-20-34-27-35-28-42(41-12-6-26-50-48(41)47(35)52-44(34)37)40-23-22-36(38-10-3-4-11-39(38)40)30-13-16-31(17-14-30)43-24-21-33-19-18-32-8-5-25-49-45(32)46(33)51-43/h1-28H. The van der Waals surface area contributed by atoms with Crippen molar-refractivity contribution in [2.75, 3.05) is 0 Å². The van der Waals surface area contributed by atoms with Crippen LogP contribution in [0.1, 0.15) is 0 Å². The molecule has 0 amide bonds. The Morgan fingerprint density at radius 3 is 1.75 bits per heavy atom. The van der Waals surface area contributed by atoms with Gasteiger partial charge in [0.05, 0.1) is 33.3 Å². The summed E-state index contributed by atoms with van der Waals surface area (Å²) in [6.07, 6.45) is 3.71. The average Bonchev–Trinajstić information content (AvgIpc) is 3.22. The summed E-state index contributed by atoms with van der Waals surface area (Å²) < 4.78 is 0. The molecule has 0 fully saturated rings. The summed E-state index contributed by atoms with van der Waals surface area (Å²) in [7, 11) is 0. The predicted molar refractivity (Wildman–Crippen MR) is 216 cm³/mol. The molecule has 4 nitrogen and oxygen atoms in total. The van der Waals surface area contributed by atoms with E-state index < -0.39 is 0 Å². The van der Waals surface area contributed by atoms with Crippen molar-refractivity contribution in [3.8, 4) is 33.5 Å². The van der Waals surface area contributed by atoms with E-state index in [2.05, 4.69) is 151 Å². The quantitative estimate of drug-likeness (QED) is 0.140. The molecular weight excluding hydrogens is 633 g/mol. The maximum Gasteiger partial charge on any atom is 0.0973 e. The number of benzene rings is 7. The zero-order chi connectivity index (χ0) is 34.2. The van der Waals surface area contributed by atoms with Gasteiger partial charge in [0.2, 0.25) is 0 Å². The van der Waals surface area contributed by atoms with Crippen LogP contribution < -0.4 is 0 Å². The Labute approximate surface area is 298 Å². The topological polar surface area (TPSA) is 51.6 Å². The molecule has 0 saturated carbocycles. The second-order valence-corrected chi connectivity index (χ2v) is 13.4. The predicted octanol–water partition coefficient (Wildman–Crippen LogP) is 12.3. The van der Waals surface area contributed by atoms with Crippen LogP contribution in [0.15, 0.2) is 170 Å². The highest BCUT2D eigenvalue weighted by molar-refractivity contribution is 6.18. The van der Waals surface area contributed by atoms with Crippen molar-refractivity contribution in [2.45, 2.75) is 0 Å². The van der Waals surface area contributed by atoms with Gasteiger partial charge in [-0.05, 0) is 68.7 Å². The molecule has 0 saturated heterocycles. The first-order valence-corrected chi connectivity index (χ1v) is 17.5. The van der Waals surface area contributed by atoms with Gasteiger partial charge in [-0.25, -0.2) is 9.97 Å². The molecule has 0 spiro atoms. The van der Waals surface area contributed by atoms with Crippen LogP contribution in [0.2, 0.25) is 0 Å². The number of nitrogens with zero attached hydrogens (tertiary/aromatic N) is 4. The molecule has 240 valence electrons. The van der Waals surface area contributed by atoms with Gasteiger partial charge in [0.1, 0.15) is 0 Å². The fourth-order valence-electron chi connectivity index (χ4n) is 7.98. The molecule has 11 rings (SSSR count). The van der Waals surface area contributed by atoms with Gasteiger partial charge in [0, 0.05) is 50.3 Å². The van der Waals surface area contributed by atoms with Gasteiger partial charge in [-0.2, -0.15) is 0 Å². The van der Waals surface area contributed by atoms with Crippen LogP contribution in [-0.2, 0) is 0 Å². The van der Waals surface area contributed by atoms with E-state index in [4.69, 9.17) is 15.0 Å². The SMILES string of the molecule is c1ccc2c(c1)ccc1cc3cc(-c4ccc(-c5ccc(-c6ccc7ccc8cccnc8c7n6)cc5)c5ccccc45)c4cccnc4c3nc12. The van der Waals surface area contributed by atoms with Crippen LogP contribution in [0.25, 0.3) is 110 Å². The lowest BCUT2D eigenvalue weighted by Crippen LogP contribution is -1.92. The van der Waals surface area contributed by atoms with Crippen molar-refractivity contribution in [3.63, 3.8) is 0 Å². The van der Waals surface area contributed by atoms with Crippen LogP contribution in [0, 0.1) is 0 Å². The third-order valence-corrected chi connectivity index (χ3v) is 10.5. The van der Waals surface area contributed by atoms with E-state index >= 15 is 0 Å². The number of hydrogen-bond acceptors (Lipinski definition) is 4. The Bertz CT molecular complexity index is 3240. The molecular formula is C48H28N4. The third-order valence-electron chi connectivity index (χ3n) is 10.5. The van der Waals surface area contributed by atoms with Gasteiger partial charge in [-0.15, -0.1) is 0 Å². The normalized spacial score (nSPS) is 11.8. The zero-order valence-electron chi connectivity index (χ0n) is 28.0. The van der Waals surface area contributed by atoms with Crippen molar-refractivity contribution in [2.24, 2.45) is 0 Å². The fraction of sp³-hybridized carbons (Fsp3) is 0. The average molecular weight is 661 g/mol. The smallest absolute Gasteiger partial charge is 0.0973 e. The third kappa shape index (κ3) is 4.41. The molecule has 4 heterocycles. The second kappa shape index (κ2) is 11.2. The van der Waals surface area contributed by atoms with Gasteiger partial charge < -0.3 is 0 Å². The number of rotatable bonds is 3. The Hall–Kier alpha value is -7.04. The van der Waals surface area contributed by atoms with Gasteiger partial charge in [-0.3, -0.25) is 9.97 Å². The molecule has 52 heavy (non-hydrogen) atoms. The summed E-state index contributed by atoms with van der Waals surface area (Å²) in [4.78, 5) is 19.9. The lowest BCUT2D eigenvalue weighted by atomic mass is 9.89. The summed E-state index contributed by atoms with van der Waals surface area (Å²) in [6, 6.07) is 56.1. The van der Waals surface area contributed by atoms with Crippen LogP contribution in [0.4, 0.5) is 0 Å². The minimum atomic E-state index is 0.916. The number of aromatic nitrogens is 4. The Balaban J connectivity index is 1.04. The molecule has 0 N–H and O–H groups in total. The molecule has 4 aromatic heterocycles. The molecule has 0 atom stereocenters. The zero-order valence-corrected chi connectivity index (χ0v) is 28.0. The summed E-state index contributed by atoms with van der Waals surface area (Å²) in [6.45, 7) is 0. The first kappa shape index (κ1) is 28.8. The molecule has 0 radical (unpaired) electrons. The molecule has 0 aliphatic carbocycles. The molecule has 11 aromatic rings. The second-order valence-electron chi connectivity index (χ2n) is 13.4. The number of fused-ring (bicyclic) bond motifs is 10. The molecule has 0 bridgehead atoms. The van der Waals surface area contributed by atoms with Crippen LogP contribution in [-0.4, -0.2) is 19.9 Å². The molecule has 4 heteroatoms. The van der Waals surface area contributed by atoms with Crippen molar-refractivity contribution in [3.05, 3.63) is 170 Å². The lowest BCUT2D eigenvalue weighted by Gasteiger charge is -2.15. The Morgan fingerprint density at radius 2 is 0.885 bits per heavy atom. The van der Waals surface area contributed by atoms with E-state index in [9.17, 15) is 0 Å². The van der Waals surface area contributed by atoms with Crippen LogP contribution >= 0.6 is 0 Å². The van der Waals surface area contributed by atoms with Crippen LogP contribution in [0.3, 0.4) is 0 Å². The van der Waals surface area contributed by atoms with E-state index in [0.717, 1.165) is 82.3 Å². The van der Waals surface area contributed by atoms with E-state index in [0.29, 0.717) is 0 Å². The first-order valence-electron chi connectivity index (χ1n) is 17.5. The summed E-state index contributed by atoms with van der Waals surface area (Å²) in [5, 5.41) is 10.2. The molecule has 0 unspecified atom stereocenters. The number of hydrogen-bond donors (Lipinski definition) is 0. The highest BCUT2D eigenvalue weighted by Crippen LogP contribution is 2.41. The highest BCUT2D eigenvalue weighted by Gasteiger charge is 2.16. The largest absolute Gasteiger partial charge is 0.254 e. The summed E-state index contributed by atoms with van der Waals surface area (Å²) in [5.74, 6) is 0. The van der Waals surface area contributed by atoms with Crippen molar-refractivity contribution >= 4 is 76.1 Å². The highest BCUT2D eigenvalue weighted by atomic mass is 14.8. The Morgan fingerprint density at radius 1 is 0.288 bits per heavy atom. The van der Waals surface area contributed by atoms with Crippen molar-refractivity contribution < 1.29 is 0 Å². The molecule has 7 aromatic carbocycles. The van der Waals surface area contributed by atoms with Gasteiger partial charge >= 0.3 is 0 Å². The Kier molecular flexibility index (Phi) is 6.22. The fourth-order valence-corrected chi connectivity index (χ4v) is 7.98. The lowest BCUT2D eigenvalue weighted by molar-refractivity contribution is 1.37. The minimum Gasteiger partial charge on any atom is -0.254 e. The van der Waals surface area contributed by atoms with E-state index in [1.807, 2.05) is 24.5 Å². The van der Waals surface area contributed by atoms with Gasteiger partial charge in [-0.1, -0.05) is 127 Å². The van der Waals surface area contributed by atoms with Crippen molar-refractivity contribution in [1.82, 2.24) is 19.9 Å². The monoisotopic (exact) mass is 660 g/mol. The van der Waals surface area contributed by atoms with Gasteiger partial charge in [0.25, 0.3) is 0 Å². The van der Waals surface area contributed by atoms with Gasteiger partial charge in [0.15, 0.2) is 0 Å². The van der Waals surface area contributed by atoms with E-state index in [1.54, 1.807) is 0 Å². The molecule has 0 aliphatic heterocycles. The van der Waals surface area contributed by atoms with Crippen molar-refractivity contribution in [1.29, 1.82) is 0 Å². The van der Waals surface area contributed by atoms with Crippen LogP contribution in [0.5, 0.6) is 0 Å². The molecule has 0 aliphatic rings. The number of pyridine rings is 4.